The molecule has 0 aromatic carbocycles. The zero-order chi connectivity index (χ0) is 22.9. The second kappa shape index (κ2) is 17.8. The Morgan fingerprint density at radius 3 is 1.65 bits per heavy atom. The third-order valence-corrected chi connectivity index (χ3v) is 6.24. The first-order valence-corrected chi connectivity index (χ1v) is 12.6. The molecule has 7 nitrogen and oxygen atoms in total. The summed E-state index contributed by atoms with van der Waals surface area (Å²) in [7, 11) is 0. The van der Waals surface area contributed by atoms with Crippen molar-refractivity contribution in [1.82, 2.24) is 5.32 Å². The minimum absolute atomic E-state index is 0.281. The fraction of sp³-hybridized carbons (Fsp3) is 0.958. The second-order valence-corrected chi connectivity index (χ2v) is 9.02. The molecule has 0 bridgehead atoms. The fourth-order valence-corrected chi connectivity index (χ4v) is 4.17. The number of aliphatic hydroxyl groups is 4. The van der Waals surface area contributed by atoms with Crippen molar-refractivity contribution >= 4 is 5.91 Å². The predicted molar refractivity (Wildman–Crippen MR) is 121 cm³/mol. The summed E-state index contributed by atoms with van der Waals surface area (Å²) in [4.78, 5) is 12.1. The average molecular weight is 446 g/mol. The molecule has 0 saturated carbocycles. The van der Waals surface area contributed by atoms with Gasteiger partial charge in [0.1, 0.15) is 24.4 Å². The minimum atomic E-state index is -1.46. The smallest absolute Gasteiger partial charge is 0.220 e. The molecule has 1 amide bonds. The highest BCUT2D eigenvalue weighted by atomic mass is 16.6. The number of carbonyl (C=O) groups is 1. The number of hydrogen-bond donors (Lipinski definition) is 5. The minimum Gasteiger partial charge on any atom is -0.394 e. The van der Waals surface area contributed by atoms with Crippen LogP contribution in [-0.4, -0.2) is 63.6 Å². The van der Waals surface area contributed by atoms with Gasteiger partial charge < -0.3 is 30.5 Å². The molecule has 0 aliphatic carbocycles. The molecule has 7 heteroatoms. The van der Waals surface area contributed by atoms with Gasteiger partial charge in [-0.3, -0.25) is 4.79 Å². The molecule has 31 heavy (non-hydrogen) atoms. The van der Waals surface area contributed by atoms with E-state index < -0.39 is 37.3 Å². The summed E-state index contributed by atoms with van der Waals surface area (Å²) in [6, 6.07) is -1.10. The lowest BCUT2D eigenvalue weighted by Crippen LogP contribution is -2.64. The van der Waals surface area contributed by atoms with E-state index in [2.05, 4.69) is 12.2 Å². The molecule has 0 aromatic heterocycles. The standard InChI is InChI=1S/C24H47NO6/c1-2-3-4-5-6-7-8-9-10-11-12-13-14-15-16-17-20(27)25-21-23(29)22(28)19(18-26)31-24(21)30/h19,21-24,26,28-30H,2-18H2,1H3,(H,25,27)/t19-,21-,22-,23-,24?/m1/s1. The highest BCUT2D eigenvalue weighted by Crippen LogP contribution is 2.20. The first kappa shape index (κ1) is 28.3. The molecule has 1 heterocycles. The Labute approximate surface area is 188 Å². The Hall–Kier alpha value is -0.730. The summed E-state index contributed by atoms with van der Waals surface area (Å²) < 4.78 is 5.04. The molecule has 1 saturated heterocycles. The van der Waals surface area contributed by atoms with E-state index in [4.69, 9.17) is 9.84 Å². The van der Waals surface area contributed by atoms with E-state index in [0.29, 0.717) is 6.42 Å². The van der Waals surface area contributed by atoms with Crippen molar-refractivity contribution < 1.29 is 30.0 Å². The van der Waals surface area contributed by atoms with Crippen LogP contribution in [0.15, 0.2) is 0 Å². The third kappa shape index (κ3) is 12.2. The fourth-order valence-electron chi connectivity index (χ4n) is 4.17. The van der Waals surface area contributed by atoms with Gasteiger partial charge in [0.15, 0.2) is 6.29 Å². The molecule has 0 aromatic rings. The molecule has 5 N–H and O–H groups in total. The monoisotopic (exact) mass is 445 g/mol. The van der Waals surface area contributed by atoms with Crippen LogP contribution >= 0.6 is 0 Å². The van der Waals surface area contributed by atoms with Crippen molar-refractivity contribution in [2.24, 2.45) is 0 Å². The summed E-state index contributed by atoms with van der Waals surface area (Å²) >= 11 is 0. The Morgan fingerprint density at radius 1 is 0.742 bits per heavy atom. The molecular weight excluding hydrogens is 398 g/mol. The van der Waals surface area contributed by atoms with E-state index in [1.54, 1.807) is 0 Å². The highest BCUT2D eigenvalue weighted by molar-refractivity contribution is 5.76. The van der Waals surface area contributed by atoms with E-state index in [9.17, 15) is 20.1 Å². The molecule has 0 radical (unpaired) electrons. The van der Waals surface area contributed by atoms with Crippen molar-refractivity contribution in [2.75, 3.05) is 6.61 Å². The van der Waals surface area contributed by atoms with Gasteiger partial charge >= 0.3 is 0 Å². The van der Waals surface area contributed by atoms with Crippen LogP contribution in [0.5, 0.6) is 0 Å². The molecule has 1 unspecified atom stereocenters. The maximum Gasteiger partial charge on any atom is 0.220 e. The first-order valence-electron chi connectivity index (χ1n) is 12.6. The second-order valence-electron chi connectivity index (χ2n) is 9.02. The first-order chi connectivity index (χ1) is 15.0. The Kier molecular flexibility index (Phi) is 16.2. The summed E-state index contributed by atoms with van der Waals surface area (Å²) in [5, 5.41) is 41.4. The number of carbonyl (C=O) groups excluding carboxylic acids is 1. The zero-order valence-electron chi connectivity index (χ0n) is 19.5. The van der Waals surface area contributed by atoms with Crippen LogP contribution in [0.2, 0.25) is 0 Å². The zero-order valence-corrected chi connectivity index (χ0v) is 19.5. The van der Waals surface area contributed by atoms with Crippen molar-refractivity contribution in [3.63, 3.8) is 0 Å². The molecule has 1 aliphatic heterocycles. The van der Waals surface area contributed by atoms with Gasteiger partial charge in [0, 0.05) is 6.42 Å². The van der Waals surface area contributed by atoms with Crippen molar-refractivity contribution in [2.45, 2.75) is 140 Å². The summed E-state index contributed by atoms with van der Waals surface area (Å²) in [6.45, 7) is 1.74. The van der Waals surface area contributed by atoms with Crippen molar-refractivity contribution in [3.8, 4) is 0 Å². The average Bonchev–Trinajstić information content (AvgIpc) is 2.76. The quantitative estimate of drug-likeness (QED) is 0.207. The van der Waals surface area contributed by atoms with E-state index in [-0.39, 0.29) is 5.91 Å². The number of rotatable bonds is 18. The summed E-state index contributed by atoms with van der Waals surface area (Å²) in [6.07, 6.45) is 14.0. The van der Waals surface area contributed by atoms with Crippen LogP contribution in [0.4, 0.5) is 0 Å². The normalized spacial score (nSPS) is 26.2. The van der Waals surface area contributed by atoms with Crippen molar-refractivity contribution in [3.05, 3.63) is 0 Å². The molecular formula is C24H47NO6. The van der Waals surface area contributed by atoms with E-state index in [1.165, 1.54) is 77.0 Å². The number of amides is 1. The van der Waals surface area contributed by atoms with Gasteiger partial charge in [-0.25, -0.2) is 0 Å². The van der Waals surface area contributed by atoms with Crippen molar-refractivity contribution in [1.29, 1.82) is 0 Å². The number of hydrogen-bond acceptors (Lipinski definition) is 6. The van der Waals surface area contributed by atoms with Gasteiger partial charge in [-0.1, -0.05) is 96.8 Å². The van der Waals surface area contributed by atoms with Crippen LogP contribution in [0.25, 0.3) is 0 Å². The number of nitrogens with one attached hydrogen (secondary N) is 1. The number of ether oxygens (including phenoxy) is 1. The summed E-state index contributed by atoms with van der Waals surface area (Å²) in [5.74, 6) is -0.281. The molecule has 1 aliphatic rings. The number of aliphatic hydroxyl groups excluding tert-OH is 4. The lowest BCUT2D eigenvalue weighted by molar-refractivity contribution is -0.253. The molecule has 1 rings (SSSR count). The molecule has 1 fully saturated rings. The van der Waals surface area contributed by atoms with Crippen LogP contribution in [0, 0.1) is 0 Å². The highest BCUT2D eigenvalue weighted by Gasteiger charge is 2.44. The molecule has 184 valence electrons. The van der Waals surface area contributed by atoms with Gasteiger partial charge in [0.05, 0.1) is 6.61 Å². The molecule has 0 spiro atoms. The Bertz CT molecular complexity index is 450. The van der Waals surface area contributed by atoms with Crippen LogP contribution < -0.4 is 5.32 Å². The van der Waals surface area contributed by atoms with E-state index >= 15 is 0 Å². The van der Waals surface area contributed by atoms with Crippen LogP contribution in [0.1, 0.15) is 110 Å². The maximum absolute atomic E-state index is 12.1. The van der Waals surface area contributed by atoms with E-state index in [0.717, 1.165) is 19.3 Å². The topological polar surface area (TPSA) is 119 Å². The van der Waals surface area contributed by atoms with Crippen LogP contribution in [0.3, 0.4) is 0 Å². The van der Waals surface area contributed by atoms with Gasteiger partial charge in [-0.15, -0.1) is 0 Å². The SMILES string of the molecule is CCCCCCCCCCCCCCCCCC(=O)N[C@H]1C(O)O[C@H](CO)[C@@H](O)[C@@H]1O. The predicted octanol–water partition coefficient (Wildman–Crippen LogP) is 3.16. The van der Waals surface area contributed by atoms with Crippen LogP contribution in [-0.2, 0) is 9.53 Å². The van der Waals surface area contributed by atoms with Gasteiger partial charge in [-0.2, -0.15) is 0 Å². The third-order valence-electron chi connectivity index (χ3n) is 6.24. The largest absolute Gasteiger partial charge is 0.394 e. The maximum atomic E-state index is 12.1. The van der Waals surface area contributed by atoms with E-state index in [1.807, 2.05) is 0 Å². The molecule has 5 atom stereocenters. The van der Waals surface area contributed by atoms with Gasteiger partial charge in [-0.05, 0) is 6.42 Å². The van der Waals surface area contributed by atoms with Gasteiger partial charge in [0.2, 0.25) is 5.91 Å². The lowest BCUT2D eigenvalue weighted by atomic mass is 9.97. The number of unbranched alkanes of at least 4 members (excludes halogenated alkanes) is 14. The Balaban J connectivity index is 1.95. The lowest BCUT2D eigenvalue weighted by Gasteiger charge is -2.40. The Morgan fingerprint density at radius 2 is 1.19 bits per heavy atom. The van der Waals surface area contributed by atoms with Gasteiger partial charge in [0.25, 0.3) is 0 Å². The summed E-state index contributed by atoms with van der Waals surface area (Å²) in [5.41, 5.74) is 0.